The fourth-order valence-corrected chi connectivity index (χ4v) is 1.86. The summed E-state index contributed by atoms with van der Waals surface area (Å²) in [5, 5.41) is 12.5. The van der Waals surface area contributed by atoms with Crippen molar-refractivity contribution in [3.8, 4) is 0 Å². The van der Waals surface area contributed by atoms with Crippen molar-refractivity contribution < 1.29 is 9.84 Å². The van der Waals surface area contributed by atoms with Crippen LogP contribution in [-0.2, 0) is 4.74 Å². The zero-order valence-electron chi connectivity index (χ0n) is 10.3. The molecule has 0 unspecified atom stereocenters. The van der Waals surface area contributed by atoms with Gasteiger partial charge < -0.3 is 20.1 Å². The van der Waals surface area contributed by atoms with Gasteiger partial charge in [0.05, 0.1) is 19.8 Å². The minimum Gasteiger partial charge on any atom is -0.394 e. The summed E-state index contributed by atoms with van der Waals surface area (Å²) in [6.45, 7) is 4.76. The quantitative estimate of drug-likeness (QED) is 0.789. The van der Waals surface area contributed by atoms with E-state index in [0.717, 1.165) is 13.1 Å². The van der Waals surface area contributed by atoms with Gasteiger partial charge in [-0.3, -0.25) is 0 Å². The summed E-state index contributed by atoms with van der Waals surface area (Å²) < 4.78 is 5.28. The molecule has 0 aromatic carbocycles. The van der Waals surface area contributed by atoms with Crippen molar-refractivity contribution in [2.24, 2.45) is 0 Å². The molecule has 6 nitrogen and oxygen atoms in total. The molecule has 2 rings (SSSR count). The second kappa shape index (κ2) is 6.17. The molecule has 2 heterocycles. The molecule has 2 N–H and O–H groups in total. The Morgan fingerprint density at radius 3 is 2.89 bits per heavy atom. The van der Waals surface area contributed by atoms with Gasteiger partial charge in [-0.25, -0.2) is 4.98 Å². The van der Waals surface area contributed by atoms with E-state index < -0.39 is 0 Å². The van der Waals surface area contributed by atoms with Crippen molar-refractivity contribution in [2.75, 3.05) is 43.1 Å². The Labute approximate surface area is 111 Å². The second-order valence-electron chi connectivity index (χ2n) is 4.20. The van der Waals surface area contributed by atoms with E-state index >= 15 is 0 Å². The van der Waals surface area contributed by atoms with Crippen molar-refractivity contribution >= 4 is 23.4 Å². The molecule has 1 aliphatic heterocycles. The number of rotatable bonds is 4. The van der Waals surface area contributed by atoms with E-state index in [9.17, 15) is 0 Å². The predicted molar refractivity (Wildman–Crippen MR) is 70.2 cm³/mol. The maximum Gasteiger partial charge on any atom is 0.228 e. The third-order valence-electron chi connectivity index (χ3n) is 2.65. The molecule has 1 atom stereocenters. The van der Waals surface area contributed by atoms with Crippen molar-refractivity contribution in [3.63, 3.8) is 0 Å². The predicted octanol–water partition coefficient (Wildman–Crippen LogP) is 0.759. The van der Waals surface area contributed by atoms with Gasteiger partial charge >= 0.3 is 0 Å². The zero-order chi connectivity index (χ0) is 13.0. The average Bonchev–Trinajstić information content (AvgIpc) is 2.39. The summed E-state index contributed by atoms with van der Waals surface area (Å²) in [5.74, 6) is 1.22. The lowest BCUT2D eigenvalue weighted by molar-refractivity contribution is 0.122. The van der Waals surface area contributed by atoms with Gasteiger partial charge in [-0.05, 0) is 6.92 Å². The fraction of sp³-hybridized carbons (Fsp3) is 0.636. The first-order valence-electron chi connectivity index (χ1n) is 5.93. The molecular weight excluding hydrogens is 256 g/mol. The van der Waals surface area contributed by atoms with Crippen LogP contribution < -0.4 is 10.2 Å². The van der Waals surface area contributed by atoms with Crippen molar-refractivity contribution in [1.29, 1.82) is 0 Å². The van der Waals surface area contributed by atoms with Gasteiger partial charge in [0, 0.05) is 25.2 Å². The van der Waals surface area contributed by atoms with Crippen LogP contribution in [0.5, 0.6) is 0 Å². The van der Waals surface area contributed by atoms with E-state index in [1.165, 1.54) is 0 Å². The fourth-order valence-electron chi connectivity index (χ4n) is 1.68. The molecule has 100 valence electrons. The Bertz CT molecular complexity index is 399. The SMILES string of the molecule is C[C@@H](CO)Nc1cc(Cl)nc(N2CCOCC2)n1. The lowest BCUT2D eigenvalue weighted by Crippen LogP contribution is -2.37. The van der Waals surface area contributed by atoms with E-state index in [0.29, 0.717) is 30.1 Å². The average molecular weight is 273 g/mol. The number of hydrogen-bond donors (Lipinski definition) is 2. The third kappa shape index (κ3) is 3.44. The van der Waals surface area contributed by atoms with E-state index in [1.807, 2.05) is 11.8 Å². The Morgan fingerprint density at radius 1 is 1.50 bits per heavy atom. The topological polar surface area (TPSA) is 70.5 Å². The maximum absolute atomic E-state index is 9.02. The number of aliphatic hydroxyl groups is 1. The van der Waals surface area contributed by atoms with Gasteiger partial charge in [0.15, 0.2) is 0 Å². The number of aliphatic hydroxyl groups excluding tert-OH is 1. The lowest BCUT2D eigenvalue weighted by Gasteiger charge is -2.27. The summed E-state index contributed by atoms with van der Waals surface area (Å²) in [4.78, 5) is 10.6. The Morgan fingerprint density at radius 2 is 2.22 bits per heavy atom. The number of halogens is 1. The number of nitrogens with zero attached hydrogens (tertiary/aromatic N) is 3. The number of aromatic nitrogens is 2. The minimum atomic E-state index is -0.0755. The van der Waals surface area contributed by atoms with Crippen molar-refractivity contribution in [2.45, 2.75) is 13.0 Å². The van der Waals surface area contributed by atoms with Crippen LogP contribution in [0.15, 0.2) is 6.07 Å². The first-order chi connectivity index (χ1) is 8.69. The van der Waals surface area contributed by atoms with Gasteiger partial charge in [0.25, 0.3) is 0 Å². The summed E-state index contributed by atoms with van der Waals surface area (Å²) in [6, 6.07) is 1.58. The van der Waals surface area contributed by atoms with Gasteiger partial charge in [-0.2, -0.15) is 4.98 Å². The number of nitrogens with one attached hydrogen (secondary N) is 1. The first kappa shape index (κ1) is 13.3. The largest absolute Gasteiger partial charge is 0.394 e. The molecule has 0 aliphatic carbocycles. The zero-order valence-corrected chi connectivity index (χ0v) is 11.0. The summed E-state index contributed by atoms with van der Waals surface area (Å²) >= 11 is 5.98. The number of hydrogen-bond acceptors (Lipinski definition) is 6. The van der Waals surface area contributed by atoms with Crippen LogP contribution in [0.3, 0.4) is 0 Å². The van der Waals surface area contributed by atoms with E-state index in [-0.39, 0.29) is 12.6 Å². The molecular formula is C11H17ClN4O2. The highest BCUT2D eigenvalue weighted by Crippen LogP contribution is 2.18. The van der Waals surface area contributed by atoms with Crippen molar-refractivity contribution in [3.05, 3.63) is 11.2 Å². The molecule has 0 spiro atoms. The number of morpholine rings is 1. The Kier molecular flexibility index (Phi) is 4.57. The van der Waals surface area contributed by atoms with Crippen LogP contribution in [0.25, 0.3) is 0 Å². The van der Waals surface area contributed by atoms with E-state index in [4.69, 9.17) is 21.4 Å². The smallest absolute Gasteiger partial charge is 0.228 e. The van der Waals surface area contributed by atoms with Crippen LogP contribution in [0, 0.1) is 0 Å². The molecule has 1 aromatic heterocycles. The van der Waals surface area contributed by atoms with Crippen molar-refractivity contribution in [1.82, 2.24) is 9.97 Å². The Balaban J connectivity index is 2.14. The van der Waals surface area contributed by atoms with Crippen LogP contribution in [0.1, 0.15) is 6.92 Å². The monoisotopic (exact) mass is 272 g/mol. The van der Waals surface area contributed by atoms with Crippen LogP contribution in [0.4, 0.5) is 11.8 Å². The third-order valence-corrected chi connectivity index (χ3v) is 2.84. The first-order valence-corrected chi connectivity index (χ1v) is 6.31. The van der Waals surface area contributed by atoms with E-state index in [1.54, 1.807) is 6.07 Å². The normalized spacial score (nSPS) is 17.6. The molecule has 0 amide bonds. The number of anilines is 2. The molecule has 1 aromatic rings. The van der Waals surface area contributed by atoms with Gasteiger partial charge in [0.2, 0.25) is 5.95 Å². The van der Waals surface area contributed by atoms with Crippen LogP contribution >= 0.6 is 11.6 Å². The maximum atomic E-state index is 9.02. The highest BCUT2D eigenvalue weighted by Gasteiger charge is 2.15. The standard InChI is InChI=1S/C11H17ClN4O2/c1-8(7-17)13-10-6-9(12)14-11(15-10)16-2-4-18-5-3-16/h6,8,17H,2-5,7H2,1H3,(H,13,14,15)/t8-/m0/s1. The van der Waals surface area contributed by atoms with Gasteiger partial charge in [-0.1, -0.05) is 11.6 Å². The molecule has 0 saturated carbocycles. The number of ether oxygens (including phenoxy) is 1. The van der Waals surface area contributed by atoms with Crippen LogP contribution in [0.2, 0.25) is 5.15 Å². The molecule has 0 bridgehead atoms. The van der Waals surface area contributed by atoms with Gasteiger partial charge in [0.1, 0.15) is 11.0 Å². The molecule has 0 radical (unpaired) electrons. The summed E-state index contributed by atoms with van der Waals surface area (Å²) in [6.07, 6.45) is 0. The minimum absolute atomic E-state index is 0.0362. The molecule has 1 fully saturated rings. The molecule has 1 aliphatic rings. The Hall–Kier alpha value is -1.11. The highest BCUT2D eigenvalue weighted by molar-refractivity contribution is 6.29. The second-order valence-corrected chi connectivity index (χ2v) is 4.59. The van der Waals surface area contributed by atoms with E-state index in [2.05, 4.69) is 15.3 Å². The lowest BCUT2D eigenvalue weighted by atomic mass is 10.3. The molecule has 1 saturated heterocycles. The molecule has 18 heavy (non-hydrogen) atoms. The van der Waals surface area contributed by atoms with Crippen LogP contribution in [-0.4, -0.2) is 54.0 Å². The summed E-state index contributed by atoms with van der Waals surface area (Å²) in [5.41, 5.74) is 0. The summed E-state index contributed by atoms with van der Waals surface area (Å²) in [7, 11) is 0. The van der Waals surface area contributed by atoms with Gasteiger partial charge in [-0.15, -0.1) is 0 Å². The highest BCUT2D eigenvalue weighted by atomic mass is 35.5. The molecule has 7 heteroatoms.